The van der Waals surface area contributed by atoms with Gasteiger partial charge in [-0.3, -0.25) is 19.4 Å². The molecule has 184 valence electrons. The zero-order valence-electron chi connectivity index (χ0n) is 19.9. The number of hydrazine groups is 1. The summed E-state index contributed by atoms with van der Waals surface area (Å²) in [6.07, 6.45) is 0. The molecule has 9 heteroatoms. The fourth-order valence-corrected chi connectivity index (χ4v) is 5.22. The van der Waals surface area contributed by atoms with E-state index in [0.717, 1.165) is 10.0 Å². The molecule has 3 aromatic rings. The first-order valence-corrected chi connectivity index (χ1v) is 12.1. The van der Waals surface area contributed by atoms with E-state index in [9.17, 15) is 14.4 Å². The SMILES string of the molecule is COc1ccc([C@@H]2NN(C(=O)c3cccc(Br)c3)[C@H]3C(=O)N(c4ccc(C)cc4)C(=O)[C@@H]23)c(OC)c1. The summed E-state index contributed by atoms with van der Waals surface area (Å²) in [5.74, 6) is -1.03. The van der Waals surface area contributed by atoms with Crippen LogP contribution in [-0.2, 0) is 9.59 Å². The van der Waals surface area contributed by atoms with Crippen LogP contribution in [0.3, 0.4) is 0 Å². The topological polar surface area (TPSA) is 88.2 Å². The number of amides is 3. The number of methoxy groups -OCH3 is 2. The lowest BCUT2D eigenvalue weighted by Gasteiger charge is -2.26. The number of benzene rings is 3. The van der Waals surface area contributed by atoms with Crippen molar-refractivity contribution in [1.82, 2.24) is 10.4 Å². The number of nitrogens with one attached hydrogen (secondary N) is 1. The second-order valence-electron chi connectivity index (χ2n) is 8.72. The van der Waals surface area contributed by atoms with Crippen molar-refractivity contribution >= 4 is 39.3 Å². The van der Waals surface area contributed by atoms with E-state index in [1.165, 1.54) is 17.0 Å². The standard InChI is InChI=1S/C27H24BrN3O5/c1-15-7-9-18(10-8-15)30-26(33)22-23(20-12-11-19(35-2)14-21(20)36-3)29-31(24(22)27(30)34)25(32)16-5-4-6-17(28)13-16/h4-14,22-24,29H,1-3H3/t22-,23-,24+/m0/s1. The molecule has 2 fully saturated rings. The van der Waals surface area contributed by atoms with Crippen LogP contribution in [0.4, 0.5) is 5.69 Å². The van der Waals surface area contributed by atoms with E-state index in [0.29, 0.717) is 28.3 Å². The number of hydrogen-bond donors (Lipinski definition) is 1. The highest BCUT2D eigenvalue weighted by molar-refractivity contribution is 9.10. The number of carbonyl (C=O) groups excluding carboxylic acids is 3. The third kappa shape index (κ3) is 3.94. The molecule has 0 radical (unpaired) electrons. The molecule has 3 aromatic carbocycles. The summed E-state index contributed by atoms with van der Waals surface area (Å²) in [5.41, 5.74) is 5.66. The van der Waals surface area contributed by atoms with Gasteiger partial charge in [-0.1, -0.05) is 39.7 Å². The average molecular weight is 550 g/mol. The van der Waals surface area contributed by atoms with E-state index in [2.05, 4.69) is 21.4 Å². The van der Waals surface area contributed by atoms with Crippen molar-refractivity contribution in [2.45, 2.75) is 19.0 Å². The van der Waals surface area contributed by atoms with Crippen molar-refractivity contribution < 1.29 is 23.9 Å². The summed E-state index contributed by atoms with van der Waals surface area (Å²) >= 11 is 3.39. The van der Waals surface area contributed by atoms with Gasteiger partial charge in [0.1, 0.15) is 17.5 Å². The molecule has 1 N–H and O–H groups in total. The van der Waals surface area contributed by atoms with Gasteiger partial charge in [0.25, 0.3) is 11.8 Å². The molecule has 5 rings (SSSR count). The van der Waals surface area contributed by atoms with E-state index in [4.69, 9.17) is 9.47 Å². The molecule has 0 saturated carbocycles. The molecule has 0 unspecified atom stereocenters. The van der Waals surface area contributed by atoms with Crippen molar-refractivity contribution in [2.75, 3.05) is 19.1 Å². The lowest BCUT2D eigenvalue weighted by atomic mass is 9.90. The van der Waals surface area contributed by atoms with E-state index in [1.807, 2.05) is 25.1 Å². The second kappa shape index (κ2) is 9.40. The summed E-state index contributed by atoms with van der Waals surface area (Å²) in [6, 6.07) is 17.6. The molecule has 2 aliphatic heterocycles. The minimum Gasteiger partial charge on any atom is -0.497 e. The Hall–Kier alpha value is -3.69. The number of aryl methyl sites for hydroxylation is 1. The van der Waals surface area contributed by atoms with E-state index < -0.39 is 29.8 Å². The number of carbonyl (C=O) groups is 3. The molecule has 0 aliphatic carbocycles. The summed E-state index contributed by atoms with van der Waals surface area (Å²) in [4.78, 5) is 42.3. The molecule has 2 heterocycles. The van der Waals surface area contributed by atoms with Crippen LogP contribution in [0.5, 0.6) is 11.5 Å². The van der Waals surface area contributed by atoms with Crippen LogP contribution in [-0.4, -0.2) is 43.0 Å². The van der Waals surface area contributed by atoms with Gasteiger partial charge in [0.15, 0.2) is 0 Å². The third-order valence-electron chi connectivity index (χ3n) is 6.59. The second-order valence-corrected chi connectivity index (χ2v) is 9.63. The Balaban J connectivity index is 1.61. The zero-order valence-corrected chi connectivity index (χ0v) is 21.5. The molecule has 0 aromatic heterocycles. The van der Waals surface area contributed by atoms with Crippen LogP contribution in [0, 0.1) is 12.8 Å². The molecule has 2 aliphatic rings. The van der Waals surface area contributed by atoms with Gasteiger partial charge in [-0.25, -0.2) is 10.3 Å². The Labute approximate surface area is 216 Å². The number of imide groups is 1. The van der Waals surface area contributed by atoms with E-state index in [1.54, 1.807) is 55.6 Å². The molecule has 0 bridgehead atoms. The van der Waals surface area contributed by atoms with Gasteiger partial charge in [-0.05, 0) is 49.4 Å². The van der Waals surface area contributed by atoms with Crippen LogP contribution >= 0.6 is 15.9 Å². The first-order chi connectivity index (χ1) is 17.3. The Kier molecular flexibility index (Phi) is 6.27. The van der Waals surface area contributed by atoms with E-state index >= 15 is 0 Å². The van der Waals surface area contributed by atoms with Gasteiger partial charge >= 0.3 is 0 Å². The van der Waals surface area contributed by atoms with Crippen LogP contribution in [0.25, 0.3) is 0 Å². The molecule has 8 nitrogen and oxygen atoms in total. The highest BCUT2D eigenvalue weighted by Gasteiger charge is 2.60. The normalized spacial score (nSPS) is 21.1. The summed E-state index contributed by atoms with van der Waals surface area (Å²) in [7, 11) is 3.07. The first-order valence-electron chi connectivity index (χ1n) is 11.4. The van der Waals surface area contributed by atoms with Gasteiger partial charge in [-0.2, -0.15) is 0 Å². The Morgan fingerprint density at radius 1 is 0.944 bits per heavy atom. The fraction of sp³-hybridized carbons (Fsp3) is 0.222. The molecule has 3 atom stereocenters. The van der Waals surface area contributed by atoms with Gasteiger partial charge in [-0.15, -0.1) is 0 Å². The molecule has 3 amide bonds. The van der Waals surface area contributed by atoms with Crippen molar-refractivity contribution in [3.05, 3.63) is 87.9 Å². The van der Waals surface area contributed by atoms with Crippen molar-refractivity contribution in [2.24, 2.45) is 5.92 Å². The largest absolute Gasteiger partial charge is 0.497 e. The number of anilines is 1. The monoisotopic (exact) mass is 549 g/mol. The maximum atomic E-state index is 13.8. The van der Waals surface area contributed by atoms with Crippen molar-refractivity contribution in [3.63, 3.8) is 0 Å². The summed E-state index contributed by atoms with van der Waals surface area (Å²) < 4.78 is 11.6. The highest BCUT2D eigenvalue weighted by Crippen LogP contribution is 2.45. The Bertz CT molecular complexity index is 1360. The number of halogens is 1. The Morgan fingerprint density at radius 2 is 1.69 bits per heavy atom. The molecule has 2 saturated heterocycles. The van der Waals surface area contributed by atoms with Crippen LogP contribution in [0.15, 0.2) is 71.2 Å². The van der Waals surface area contributed by atoms with Gasteiger partial charge in [0, 0.05) is 21.7 Å². The van der Waals surface area contributed by atoms with Crippen molar-refractivity contribution in [3.8, 4) is 11.5 Å². The zero-order chi connectivity index (χ0) is 25.6. The first kappa shape index (κ1) is 24.0. The molecular weight excluding hydrogens is 526 g/mol. The van der Waals surface area contributed by atoms with Crippen LogP contribution < -0.4 is 19.8 Å². The summed E-state index contributed by atoms with van der Waals surface area (Å²) in [6.45, 7) is 1.93. The fourth-order valence-electron chi connectivity index (χ4n) is 4.82. The Morgan fingerprint density at radius 3 is 2.36 bits per heavy atom. The molecule has 0 spiro atoms. The number of nitrogens with zero attached hydrogens (tertiary/aromatic N) is 2. The lowest BCUT2D eigenvalue weighted by Crippen LogP contribution is -2.48. The maximum Gasteiger partial charge on any atom is 0.268 e. The van der Waals surface area contributed by atoms with Gasteiger partial charge in [0.05, 0.1) is 31.9 Å². The summed E-state index contributed by atoms with van der Waals surface area (Å²) in [5, 5.41) is 1.29. The van der Waals surface area contributed by atoms with Crippen LogP contribution in [0.1, 0.15) is 27.5 Å². The average Bonchev–Trinajstić information content (AvgIpc) is 3.40. The minimum atomic E-state index is -1.03. The minimum absolute atomic E-state index is 0.381. The van der Waals surface area contributed by atoms with Crippen LogP contribution in [0.2, 0.25) is 0 Å². The quantitative estimate of drug-likeness (QED) is 0.483. The molecular formula is C27H24BrN3O5. The van der Waals surface area contributed by atoms with Crippen molar-refractivity contribution in [1.29, 1.82) is 0 Å². The highest BCUT2D eigenvalue weighted by atomic mass is 79.9. The smallest absolute Gasteiger partial charge is 0.268 e. The number of fused-ring (bicyclic) bond motifs is 1. The van der Waals surface area contributed by atoms with E-state index in [-0.39, 0.29) is 5.91 Å². The number of ether oxygens (including phenoxy) is 2. The third-order valence-corrected chi connectivity index (χ3v) is 7.09. The lowest BCUT2D eigenvalue weighted by molar-refractivity contribution is -0.123. The predicted molar refractivity (Wildman–Crippen MR) is 137 cm³/mol. The van der Waals surface area contributed by atoms with Gasteiger partial charge < -0.3 is 9.47 Å². The molecule has 36 heavy (non-hydrogen) atoms. The maximum absolute atomic E-state index is 13.8. The van der Waals surface area contributed by atoms with Gasteiger partial charge in [0.2, 0.25) is 5.91 Å². The predicted octanol–water partition coefficient (Wildman–Crippen LogP) is 4.03. The number of rotatable bonds is 5. The number of hydrogen-bond acceptors (Lipinski definition) is 6.